The van der Waals surface area contributed by atoms with Crippen molar-refractivity contribution in [3.63, 3.8) is 0 Å². The fourth-order valence-corrected chi connectivity index (χ4v) is 3.52. The van der Waals surface area contributed by atoms with Gasteiger partial charge in [-0.1, -0.05) is 12.2 Å². The fourth-order valence-electron chi connectivity index (χ4n) is 1.38. The number of allylic oxidation sites excluding steroid dienone is 4. The van der Waals surface area contributed by atoms with Gasteiger partial charge in [0.2, 0.25) is 0 Å². The van der Waals surface area contributed by atoms with E-state index >= 15 is 0 Å². The maximum Gasteiger partial charge on any atom is 0.536 e. The highest BCUT2D eigenvalue weighted by atomic mass is 28.4. The van der Waals surface area contributed by atoms with Crippen molar-refractivity contribution in [2.24, 2.45) is 0 Å². The number of hydrogen-bond donors (Lipinski definition) is 0. The molecule has 0 heterocycles. The highest BCUT2D eigenvalue weighted by molar-refractivity contribution is 6.69. The standard InChI is InChI=1S/C10H20O3Si/c1-7-9(3)10(8-2)14(11-4,12-5)13-6/h7-8H,1-6H3. The summed E-state index contributed by atoms with van der Waals surface area (Å²) in [5.74, 6) is 0. The number of hydrogen-bond acceptors (Lipinski definition) is 3. The quantitative estimate of drug-likeness (QED) is 0.521. The van der Waals surface area contributed by atoms with Crippen LogP contribution in [0, 0.1) is 0 Å². The van der Waals surface area contributed by atoms with Crippen LogP contribution in [-0.2, 0) is 13.3 Å². The second-order valence-electron chi connectivity index (χ2n) is 2.84. The minimum absolute atomic E-state index is 1.02. The molecule has 14 heavy (non-hydrogen) atoms. The maximum atomic E-state index is 5.40. The van der Waals surface area contributed by atoms with E-state index < -0.39 is 8.80 Å². The molecule has 82 valence electrons. The zero-order chi connectivity index (χ0) is 11.2. The average Bonchev–Trinajstić information content (AvgIpc) is 2.25. The monoisotopic (exact) mass is 216 g/mol. The van der Waals surface area contributed by atoms with E-state index in [-0.39, 0.29) is 0 Å². The fraction of sp³-hybridized carbons (Fsp3) is 0.600. The average molecular weight is 216 g/mol. The van der Waals surface area contributed by atoms with E-state index in [0.29, 0.717) is 0 Å². The van der Waals surface area contributed by atoms with Gasteiger partial charge in [0.25, 0.3) is 0 Å². The largest absolute Gasteiger partial charge is 0.536 e. The van der Waals surface area contributed by atoms with Gasteiger partial charge in [0.05, 0.1) is 0 Å². The van der Waals surface area contributed by atoms with Gasteiger partial charge in [-0.3, -0.25) is 0 Å². The Balaban J connectivity index is 5.17. The van der Waals surface area contributed by atoms with Crippen molar-refractivity contribution in [1.29, 1.82) is 0 Å². The Morgan fingerprint density at radius 2 is 1.36 bits per heavy atom. The van der Waals surface area contributed by atoms with Crippen molar-refractivity contribution in [3.8, 4) is 0 Å². The summed E-state index contributed by atoms with van der Waals surface area (Å²) in [6, 6.07) is 0. The van der Waals surface area contributed by atoms with Crippen molar-refractivity contribution in [1.82, 2.24) is 0 Å². The van der Waals surface area contributed by atoms with E-state index in [1.54, 1.807) is 21.3 Å². The van der Waals surface area contributed by atoms with Crippen LogP contribution >= 0.6 is 0 Å². The van der Waals surface area contributed by atoms with Crippen molar-refractivity contribution < 1.29 is 13.3 Å². The van der Waals surface area contributed by atoms with Crippen LogP contribution in [0.5, 0.6) is 0 Å². The van der Waals surface area contributed by atoms with E-state index in [4.69, 9.17) is 13.3 Å². The molecule has 0 radical (unpaired) electrons. The first-order chi connectivity index (χ1) is 6.61. The Morgan fingerprint density at radius 3 is 1.57 bits per heavy atom. The van der Waals surface area contributed by atoms with Gasteiger partial charge in [0.1, 0.15) is 0 Å². The summed E-state index contributed by atoms with van der Waals surface area (Å²) < 4.78 is 16.2. The highest BCUT2D eigenvalue weighted by Crippen LogP contribution is 2.24. The van der Waals surface area contributed by atoms with E-state index in [1.807, 2.05) is 32.9 Å². The van der Waals surface area contributed by atoms with Crippen molar-refractivity contribution in [2.45, 2.75) is 20.8 Å². The summed E-state index contributed by atoms with van der Waals surface area (Å²) in [4.78, 5) is 0. The molecule has 4 heteroatoms. The van der Waals surface area contributed by atoms with Crippen LogP contribution in [0.25, 0.3) is 0 Å². The summed E-state index contributed by atoms with van der Waals surface area (Å²) in [7, 11) is 2.21. The Bertz CT molecular complexity index is 221. The summed E-state index contributed by atoms with van der Waals surface area (Å²) in [6.07, 6.45) is 4.01. The molecule has 0 saturated heterocycles. The summed E-state index contributed by atoms with van der Waals surface area (Å²) >= 11 is 0. The summed E-state index contributed by atoms with van der Waals surface area (Å²) in [6.45, 7) is 5.97. The summed E-state index contributed by atoms with van der Waals surface area (Å²) in [5.41, 5.74) is 1.13. The molecule has 0 aromatic rings. The SMILES string of the molecule is CC=C(C)C(=CC)[Si](OC)(OC)OC. The lowest BCUT2D eigenvalue weighted by molar-refractivity contribution is 0.135. The van der Waals surface area contributed by atoms with Crippen molar-refractivity contribution >= 4 is 8.80 Å². The lowest BCUT2D eigenvalue weighted by Gasteiger charge is -2.27. The maximum absolute atomic E-state index is 5.40. The first-order valence-corrected chi connectivity index (χ1v) is 6.29. The molecule has 0 spiro atoms. The Labute approximate surface area is 87.7 Å². The molecule has 0 rings (SSSR count). The third-order valence-corrected chi connectivity index (χ3v) is 5.24. The predicted molar refractivity (Wildman–Crippen MR) is 60.0 cm³/mol. The predicted octanol–water partition coefficient (Wildman–Crippen LogP) is 2.32. The van der Waals surface area contributed by atoms with E-state index in [0.717, 1.165) is 10.8 Å². The first-order valence-electron chi connectivity index (χ1n) is 4.57. The molecule has 0 aromatic heterocycles. The second kappa shape index (κ2) is 6.13. The lowest BCUT2D eigenvalue weighted by Crippen LogP contribution is -2.45. The molecule has 0 aliphatic rings. The van der Waals surface area contributed by atoms with Gasteiger partial charge in [-0.2, -0.15) is 0 Å². The van der Waals surface area contributed by atoms with Crippen LogP contribution in [0.1, 0.15) is 20.8 Å². The Kier molecular flexibility index (Phi) is 5.95. The smallest absolute Gasteiger partial charge is 0.373 e. The topological polar surface area (TPSA) is 27.7 Å². The van der Waals surface area contributed by atoms with Crippen LogP contribution in [0.3, 0.4) is 0 Å². The molecule has 0 amide bonds. The van der Waals surface area contributed by atoms with Crippen molar-refractivity contribution in [2.75, 3.05) is 21.3 Å². The van der Waals surface area contributed by atoms with Gasteiger partial charge in [-0.25, -0.2) is 0 Å². The van der Waals surface area contributed by atoms with E-state index in [1.165, 1.54) is 0 Å². The molecule has 0 bridgehead atoms. The third-order valence-electron chi connectivity index (χ3n) is 2.28. The Morgan fingerprint density at radius 1 is 0.929 bits per heavy atom. The third kappa shape index (κ3) is 2.54. The molecule has 3 nitrogen and oxygen atoms in total. The zero-order valence-electron chi connectivity index (χ0n) is 9.88. The first kappa shape index (κ1) is 13.6. The second-order valence-corrected chi connectivity index (χ2v) is 5.72. The van der Waals surface area contributed by atoms with Gasteiger partial charge >= 0.3 is 8.80 Å². The highest BCUT2D eigenvalue weighted by Gasteiger charge is 2.42. The van der Waals surface area contributed by atoms with Crippen molar-refractivity contribution in [3.05, 3.63) is 22.9 Å². The molecular weight excluding hydrogens is 196 g/mol. The summed E-state index contributed by atoms with van der Waals surface area (Å²) in [5, 5.41) is 1.02. The molecule has 0 aliphatic carbocycles. The van der Waals surface area contributed by atoms with Gasteiger partial charge in [-0.15, -0.1) is 0 Å². The van der Waals surface area contributed by atoms with Crippen LogP contribution in [0.4, 0.5) is 0 Å². The van der Waals surface area contributed by atoms with Crippen LogP contribution in [0.15, 0.2) is 22.9 Å². The lowest BCUT2D eigenvalue weighted by atomic mass is 10.2. The van der Waals surface area contributed by atoms with E-state index in [9.17, 15) is 0 Å². The molecule has 0 unspecified atom stereocenters. The zero-order valence-corrected chi connectivity index (χ0v) is 10.9. The molecule has 0 aliphatic heterocycles. The van der Waals surface area contributed by atoms with Gasteiger partial charge < -0.3 is 13.3 Å². The minimum atomic E-state index is -2.64. The molecule has 0 fully saturated rings. The van der Waals surface area contributed by atoms with Crippen LogP contribution < -0.4 is 0 Å². The molecule has 0 N–H and O–H groups in total. The minimum Gasteiger partial charge on any atom is -0.373 e. The number of rotatable bonds is 5. The molecule has 0 aromatic carbocycles. The normalized spacial score (nSPS) is 14.7. The molecule has 0 atom stereocenters. The molecule has 0 saturated carbocycles. The van der Waals surface area contributed by atoms with Crippen LogP contribution in [-0.4, -0.2) is 30.1 Å². The van der Waals surface area contributed by atoms with Gasteiger partial charge in [0, 0.05) is 26.5 Å². The Hall–Kier alpha value is -0.423. The molecular formula is C10H20O3Si. The van der Waals surface area contributed by atoms with Gasteiger partial charge in [-0.05, 0) is 26.3 Å². The van der Waals surface area contributed by atoms with Crippen LogP contribution in [0.2, 0.25) is 0 Å². The van der Waals surface area contributed by atoms with Gasteiger partial charge in [0.15, 0.2) is 0 Å². The van der Waals surface area contributed by atoms with E-state index in [2.05, 4.69) is 0 Å².